The van der Waals surface area contributed by atoms with E-state index in [1.807, 2.05) is 54.6 Å². The summed E-state index contributed by atoms with van der Waals surface area (Å²) in [5.74, 6) is -0.156. The third-order valence-electron chi connectivity index (χ3n) is 5.92. The van der Waals surface area contributed by atoms with E-state index in [2.05, 4.69) is 27.9 Å². The molecule has 2 atom stereocenters. The molecule has 0 radical (unpaired) electrons. The first-order valence-corrected chi connectivity index (χ1v) is 13.3. The van der Waals surface area contributed by atoms with Crippen molar-refractivity contribution in [3.05, 3.63) is 112 Å². The Morgan fingerprint density at radius 2 is 1.69 bits per heavy atom. The Morgan fingerprint density at radius 1 is 0.949 bits per heavy atom. The Bertz CT molecular complexity index is 1460. The second-order valence-electron chi connectivity index (χ2n) is 8.61. The number of phenols is 1. The van der Waals surface area contributed by atoms with E-state index in [0.29, 0.717) is 29.8 Å². The standard InChI is InChI=1S/C30H27IN2O6/c31-21-17-18-26(34)24(19-21)29(39-30(36)32-25-14-8-10-20-9-4-5-13-23(20)25)27(15-6-7-16-28(35)33-37)38-22-11-2-1-3-12-22/h1-5,7-14,16-19,27,29,34,37H,6,15H2,(H,32,36)(H,33,35)/b16-7+/t27-,29-/m0/s1. The van der Waals surface area contributed by atoms with E-state index < -0.39 is 24.2 Å². The first kappa shape index (κ1) is 27.9. The van der Waals surface area contributed by atoms with Gasteiger partial charge in [0.2, 0.25) is 0 Å². The number of carbonyl (C=O) groups is 2. The quantitative estimate of drug-likeness (QED) is 0.0663. The number of para-hydroxylation sites is 1. The van der Waals surface area contributed by atoms with Crippen LogP contribution in [0.4, 0.5) is 10.5 Å². The maximum atomic E-state index is 13.3. The van der Waals surface area contributed by atoms with E-state index in [4.69, 9.17) is 14.7 Å². The average Bonchev–Trinajstić information content (AvgIpc) is 2.95. The van der Waals surface area contributed by atoms with Gasteiger partial charge < -0.3 is 14.6 Å². The van der Waals surface area contributed by atoms with Crippen LogP contribution >= 0.6 is 22.6 Å². The molecule has 0 saturated heterocycles. The van der Waals surface area contributed by atoms with E-state index >= 15 is 0 Å². The van der Waals surface area contributed by atoms with E-state index in [1.165, 1.54) is 6.08 Å². The summed E-state index contributed by atoms with van der Waals surface area (Å²) < 4.78 is 13.1. The lowest BCUT2D eigenvalue weighted by atomic mass is 9.99. The van der Waals surface area contributed by atoms with Gasteiger partial charge in [-0.25, -0.2) is 10.3 Å². The fourth-order valence-electron chi connectivity index (χ4n) is 4.12. The van der Waals surface area contributed by atoms with Gasteiger partial charge in [-0.2, -0.15) is 0 Å². The summed E-state index contributed by atoms with van der Waals surface area (Å²) in [5, 5.41) is 24.2. The molecule has 9 heteroatoms. The fraction of sp³-hybridized carbons (Fsp3) is 0.133. The Morgan fingerprint density at radius 3 is 2.49 bits per heavy atom. The van der Waals surface area contributed by atoms with E-state index in [1.54, 1.807) is 48.0 Å². The lowest BCUT2D eigenvalue weighted by molar-refractivity contribution is -0.124. The molecule has 0 aliphatic carbocycles. The van der Waals surface area contributed by atoms with Crippen molar-refractivity contribution < 1.29 is 29.4 Å². The molecule has 4 N–H and O–H groups in total. The summed E-state index contributed by atoms with van der Waals surface area (Å²) in [6.07, 6.45) is 1.00. The molecule has 4 rings (SSSR count). The van der Waals surface area contributed by atoms with E-state index in [-0.39, 0.29) is 5.75 Å². The van der Waals surface area contributed by atoms with Crippen molar-refractivity contribution in [1.82, 2.24) is 5.48 Å². The smallest absolute Gasteiger partial charge is 0.412 e. The topological polar surface area (TPSA) is 117 Å². The summed E-state index contributed by atoms with van der Waals surface area (Å²) in [6.45, 7) is 0. The number of fused-ring (bicyclic) bond motifs is 1. The number of hydrogen-bond donors (Lipinski definition) is 4. The van der Waals surface area contributed by atoms with Gasteiger partial charge in [-0.05, 0) is 77.2 Å². The molecular weight excluding hydrogens is 611 g/mol. The third kappa shape index (κ3) is 7.71. The van der Waals surface area contributed by atoms with E-state index in [9.17, 15) is 14.7 Å². The molecule has 0 heterocycles. The number of anilines is 1. The number of carbonyl (C=O) groups excluding carboxylic acids is 2. The van der Waals surface area contributed by atoms with Crippen LogP contribution < -0.4 is 15.5 Å². The second kappa shape index (κ2) is 13.6. The predicted octanol–water partition coefficient (Wildman–Crippen LogP) is 6.73. The van der Waals surface area contributed by atoms with Crippen LogP contribution in [0.5, 0.6) is 11.5 Å². The van der Waals surface area contributed by atoms with Crippen LogP contribution in [0.2, 0.25) is 0 Å². The minimum absolute atomic E-state index is 0.0461. The highest BCUT2D eigenvalue weighted by Crippen LogP contribution is 2.35. The van der Waals surface area contributed by atoms with E-state index in [0.717, 1.165) is 14.3 Å². The van der Waals surface area contributed by atoms with Crippen LogP contribution in [0.25, 0.3) is 10.8 Å². The normalized spacial score (nSPS) is 12.6. The molecule has 0 fully saturated rings. The molecule has 0 saturated carbocycles. The molecule has 0 bridgehead atoms. The number of nitrogens with one attached hydrogen (secondary N) is 2. The Labute approximate surface area is 239 Å². The van der Waals surface area contributed by atoms with Gasteiger partial charge in [-0.15, -0.1) is 0 Å². The molecule has 4 aromatic rings. The number of aromatic hydroxyl groups is 1. The van der Waals surface area contributed by atoms with Crippen molar-refractivity contribution in [3.8, 4) is 11.5 Å². The first-order valence-electron chi connectivity index (χ1n) is 12.2. The summed E-state index contributed by atoms with van der Waals surface area (Å²) in [6, 6.07) is 27.3. The molecule has 4 aromatic carbocycles. The molecule has 8 nitrogen and oxygen atoms in total. The molecule has 0 aliphatic heterocycles. The van der Waals surface area contributed by atoms with Crippen LogP contribution in [0, 0.1) is 3.57 Å². The number of allylic oxidation sites excluding steroid dienone is 1. The van der Waals surface area contributed by atoms with Crippen molar-refractivity contribution >= 4 is 51.1 Å². The minimum atomic E-state index is -1.00. The second-order valence-corrected chi connectivity index (χ2v) is 9.85. The zero-order chi connectivity index (χ0) is 27.6. The van der Waals surface area contributed by atoms with Gasteiger partial charge in [0.25, 0.3) is 5.91 Å². The highest BCUT2D eigenvalue weighted by molar-refractivity contribution is 14.1. The van der Waals surface area contributed by atoms with Gasteiger partial charge in [0.15, 0.2) is 6.10 Å². The highest BCUT2D eigenvalue weighted by Gasteiger charge is 2.31. The number of hydrogen-bond acceptors (Lipinski definition) is 6. The minimum Gasteiger partial charge on any atom is -0.508 e. The number of benzene rings is 4. The number of hydroxylamine groups is 1. The van der Waals surface area contributed by atoms with Crippen molar-refractivity contribution in [3.63, 3.8) is 0 Å². The van der Waals surface area contributed by atoms with Crippen LogP contribution in [-0.2, 0) is 9.53 Å². The monoisotopic (exact) mass is 638 g/mol. The number of halogens is 1. The fourth-order valence-corrected chi connectivity index (χ4v) is 4.63. The molecule has 0 spiro atoms. The van der Waals surface area contributed by atoms with Crippen LogP contribution in [-0.4, -0.2) is 28.4 Å². The van der Waals surface area contributed by atoms with Crippen LogP contribution in [0.1, 0.15) is 24.5 Å². The molecule has 200 valence electrons. The molecule has 39 heavy (non-hydrogen) atoms. The zero-order valence-corrected chi connectivity index (χ0v) is 22.9. The number of phenolic OH excluding ortho intramolecular Hbond substituents is 1. The Balaban J connectivity index is 1.66. The maximum Gasteiger partial charge on any atom is 0.412 e. The van der Waals surface area contributed by atoms with Crippen molar-refractivity contribution in [2.75, 3.05) is 5.32 Å². The first-order chi connectivity index (χ1) is 18.9. The maximum absolute atomic E-state index is 13.3. The van der Waals surface area contributed by atoms with Crippen LogP contribution in [0.15, 0.2) is 103 Å². The van der Waals surface area contributed by atoms with Crippen molar-refractivity contribution in [1.29, 1.82) is 0 Å². The van der Waals surface area contributed by atoms with Crippen molar-refractivity contribution in [2.24, 2.45) is 0 Å². The molecular formula is C30H27IN2O6. The highest BCUT2D eigenvalue weighted by atomic mass is 127. The van der Waals surface area contributed by atoms with Crippen molar-refractivity contribution in [2.45, 2.75) is 25.0 Å². The molecule has 2 amide bonds. The van der Waals surface area contributed by atoms with Gasteiger partial charge in [0, 0.05) is 20.6 Å². The predicted molar refractivity (Wildman–Crippen MR) is 157 cm³/mol. The molecule has 0 aromatic heterocycles. The summed E-state index contributed by atoms with van der Waals surface area (Å²) in [7, 11) is 0. The van der Waals surface area contributed by atoms with Gasteiger partial charge >= 0.3 is 6.09 Å². The van der Waals surface area contributed by atoms with Gasteiger partial charge in [-0.1, -0.05) is 60.7 Å². The summed E-state index contributed by atoms with van der Waals surface area (Å²) in [4.78, 5) is 24.7. The summed E-state index contributed by atoms with van der Waals surface area (Å²) in [5.41, 5.74) is 2.52. The third-order valence-corrected chi connectivity index (χ3v) is 6.59. The average molecular weight is 638 g/mol. The van der Waals surface area contributed by atoms with Gasteiger partial charge in [-0.3, -0.25) is 15.3 Å². The van der Waals surface area contributed by atoms with Crippen LogP contribution in [0.3, 0.4) is 0 Å². The molecule has 0 unspecified atom stereocenters. The Hall–Kier alpha value is -4.09. The lowest BCUT2D eigenvalue weighted by Crippen LogP contribution is -2.31. The number of amides is 2. The Kier molecular flexibility index (Phi) is 9.76. The SMILES string of the molecule is O=C(/C=C/CC[C@H](Oc1ccccc1)[C@@H](OC(=O)Nc1cccc2ccccc12)c1cc(I)ccc1O)NO. The van der Waals surface area contributed by atoms with Gasteiger partial charge in [0.05, 0.1) is 5.69 Å². The number of rotatable bonds is 10. The zero-order valence-electron chi connectivity index (χ0n) is 20.8. The van der Waals surface area contributed by atoms with Gasteiger partial charge in [0.1, 0.15) is 17.6 Å². The molecule has 0 aliphatic rings. The lowest BCUT2D eigenvalue weighted by Gasteiger charge is -2.29. The number of ether oxygens (including phenoxy) is 2. The largest absolute Gasteiger partial charge is 0.508 e. The summed E-state index contributed by atoms with van der Waals surface area (Å²) >= 11 is 2.12.